The largest absolute Gasteiger partial charge is 0.356 e. The maximum absolute atomic E-state index is 2.72. The summed E-state index contributed by atoms with van der Waals surface area (Å²) in [5, 5.41) is 0. The number of nitrogens with zero attached hydrogens (tertiary/aromatic N) is 2. The summed E-state index contributed by atoms with van der Waals surface area (Å²) in [4.78, 5) is 5.44. The van der Waals surface area contributed by atoms with Gasteiger partial charge in [0.25, 0.3) is 0 Å². The summed E-state index contributed by atoms with van der Waals surface area (Å²) in [6.07, 6.45) is 58.9. The molecule has 47 heavy (non-hydrogen) atoms. The van der Waals surface area contributed by atoms with Gasteiger partial charge in [-0.15, -0.1) is 0 Å². The molecule has 0 aromatic carbocycles. The molecule has 1 heterocycles. The summed E-state index contributed by atoms with van der Waals surface area (Å²) in [5.74, 6) is 0. The Morgan fingerprint density at radius 3 is 0.745 bits per heavy atom. The normalized spacial score (nSPS) is 14.7. The Labute approximate surface area is 299 Å². The van der Waals surface area contributed by atoms with Gasteiger partial charge in [0.1, 0.15) is 6.17 Å². The van der Waals surface area contributed by atoms with E-state index >= 15 is 0 Å². The van der Waals surface area contributed by atoms with Crippen LogP contribution >= 0.6 is 0 Å². The van der Waals surface area contributed by atoms with E-state index in [0.717, 1.165) is 0 Å². The maximum atomic E-state index is 2.72. The van der Waals surface area contributed by atoms with E-state index in [9.17, 15) is 0 Å². The quantitative estimate of drug-likeness (QED) is 0.0606. The van der Waals surface area contributed by atoms with Crippen LogP contribution in [0, 0.1) is 0 Å². The van der Waals surface area contributed by atoms with E-state index in [2.05, 4.69) is 43.0 Å². The van der Waals surface area contributed by atoms with Gasteiger partial charge >= 0.3 is 0 Å². The van der Waals surface area contributed by atoms with Gasteiger partial charge in [-0.2, -0.15) is 0 Å². The number of rotatable bonds is 39. The van der Waals surface area contributed by atoms with Gasteiger partial charge in [0, 0.05) is 25.5 Å². The molecule has 0 aliphatic carbocycles. The molecular formula is C45H90N2. The zero-order chi connectivity index (χ0) is 33.7. The van der Waals surface area contributed by atoms with Crippen LogP contribution in [0.2, 0.25) is 0 Å². The van der Waals surface area contributed by atoms with Crippen LogP contribution in [0.25, 0.3) is 0 Å². The Kier molecular flexibility index (Phi) is 34.6. The molecule has 0 saturated carbocycles. The minimum atomic E-state index is 0.638. The molecule has 0 aromatic rings. The first-order chi connectivity index (χ1) is 23.3. The average Bonchev–Trinajstić information content (AvgIpc) is 3.47. The predicted molar refractivity (Wildman–Crippen MR) is 214 cm³/mol. The summed E-state index contributed by atoms with van der Waals surface area (Å²) < 4.78 is 0. The first-order valence-corrected chi connectivity index (χ1v) is 22.5. The van der Waals surface area contributed by atoms with Gasteiger partial charge in [-0.3, -0.25) is 0 Å². The fraction of sp³-hybridized carbons (Fsp3) is 0.956. The molecule has 0 amide bonds. The molecule has 1 aliphatic rings. The lowest BCUT2D eigenvalue weighted by atomic mass is 10.0. The molecule has 0 bridgehead atoms. The van der Waals surface area contributed by atoms with Crippen LogP contribution in [0.5, 0.6) is 0 Å². The van der Waals surface area contributed by atoms with Crippen molar-refractivity contribution in [3.8, 4) is 0 Å². The fourth-order valence-electron chi connectivity index (χ4n) is 7.78. The number of unbranched alkanes of at least 4 members (excludes halogenated alkanes) is 33. The highest BCUT2D eigenvalue weighted by atomic mass is 15.4. The zero-order valence-electron chi connectivity index (χ0n) is 33.2. The minimum absolute atomic E-state index is 0.638. The number of hydrogen-bond acceptors (Lipinski definition) is 2. The third-order valence-electron chi connectivity index (χ3n) is 11.1. The van der Waals surface area contributed by atoms with E-state index in [-0.39, 0.29) is 0 Å². The summed E-state index contributed by atoms with van der Waals surface area (Å²) in [7, 11) is 0. The van der Waals surface area contributed by atoms with Gasteiger partial charge < -0.3 is 9.80 Å². The van der Waals surface area contributed by atoms with E-state index < -0.39 is 0 Å². The molecule has 1 rings (SSSR count). The van der Waals surface area contributed by atoms with Crippen molar-refractivity contribution in [1.82, 2.24) is 9.80 Å². The molecule has 1 aliphatic heterocycles. The summed E-state index contributed by atoms with van der Waals surface area (Å²) in [5.41, 5.74) is 0. The Bertz CT molecular complexity index is 615. The molecular weight excluding hydrogens is 569 g/mol. The van der Waals surface area contributed by atoms with Crippen LogP contribution in [0.15, 0.2) is 12.4 Å². The molecule has 280 valence electrons. The second-order valence-electron chi connectivity index (χ2n) is 15.7. The van der Waals surface area contributed by atoms with Gasteiger partial charge in [0.05, 0.1) is 0 Å². The predicted octanol–water partition coefficient (Wildman–Crippen LogP) is 15.9. The van der Waals surface area contributed by atoms with Gasteiger partial charge in [0.15, 0.2) is 0 Å². The van der Waals surface area contributed by atoms with Gasteiger partial charge in [0.2, 0.25) is 0 Å². The van der Waals surface area contributed by atoms with Crippen molar-refractivity contribution in [3.05, 3.63) is 12.4 Å². The lowest BCUT2D eigenvalue weighted by Gasteiger charge is -2.33. The second-order valence-corrected chi connectivity index (χ2v) is 15.7. The van der Waals surface area contributed by atoms with Crippen LogP contribution in [-0.2, 0) is 0 Å². The monoisotopic (exact) mass is 659 g/mol. The Balaban J connectivity index is 2.10. The van der Waals surface area contributed by atoms with E-state index in [4.69, 9.17) is 0 Å². The Morgan fingerprint density at radius 1 is 0.277 bits per heavy atom. The van der Waals surface area contributed by atoms with E-state index in [1.807, 2.05) is 0 Å². The van der Waals surface area contributed by atoms with Crippen molar-refractivity contribution in [2.75, 3.05) is 13.1 Å². The highest BCUT2D eigenvalue weighted by molar-refractivity contribution is 4.97. The molecule has 0 aromatic heterocycles. The van der Waals surface area contributed by atoms with Crippen molar-refractivity contribution in [2.45, 2.75) is 265 Å². The van der Waals surface area contributed by atoms with Crippen molar-refractivity contribution in [1.29, 1.82) is 0 Å². The lowest BCUT2D eigenvalue weighted by molar-refractivity contribution is 0.135. The van der Waals surface area contributed by atoms with Gasteiger partial charge in [-0.1, -0.05) is 233 Å². The summed E-state index contributed by atoms with van der Waals surface area (Å²) in [6.45, 7) is 9.49. The first-order valence-electron chi connectivity index (χ1n) is 22.5. The molecule has 0 saturated heterocycles. The number of hydrogen-bond donors (Lipinski definition) is 0. The Hall–Kier alpha value is -0.660. The van der Waals surface area contributed by atoms with Crippen LogP contribution in [0.3, 0.4) is 0 Å². The molecule has 0 N–H and O–H groups in total. The SMILES string of the molecule is CCCCCCCCCCCCCCCCCCCN1C=CN(CCCCCCCCCCCCCCC)C1CCCCCCCC. The highest BCUT2D eigenvalue weighted by Gasteiger charge is 2.24. The van der Waals surface area contributed by atoms with Gasteiger partial charge in [-0.25, -0.2) is 0 Å². The standard InChI is InChI=1S/C45H90N2/c1-4-7-10-13-16-18-20-22-23-24-25-27-29-31-33-36-39-42-47-44-43-46(45(47)40-37-34-15-12-9-6-3)41-38-35-32-30-28-26-21-19-17-14-11-8-5-2/h43-45H,4-42H2,1-3H3. The highest BCUT2D eigenvalue weighted by Crippen LogP contribution is 2.24. The van der Waals surface area contributed by atoms with E-state index in [0.29, 0.717) is 6.17 Å². The molecule has 0 radical (unpaired) electrons. The van der Waals surface area contributed by atoms with Crippen LogP contribution in [0.4, 0.5) is 0 Å². The average molecular weight is 659 g/mol. The van der Waals surface area contributed by atoms with Gasteiger partial charge in [-0.05, 0) is 25.7 Å². The van der Waals surface area contributed by atoms with Crippen LogP contribution in [0.1, 0.15) is 258 Å². The van der Waals surface area contributed by atoms with Crippen LogP contribution < -0.4 is 0 Å². The molecule has 1 unspecified atom stereocenters. The topological polar surface area (TPSA) is 6.48 Å². The Morgan fingerprint density at radius 2 is 0.489 bits per heavy atom. The van der Waals surface area contributed by atoms with Crippen molar-refractivity contribution >= 4 is 0 Å². The van der Waals surface area contributed by atoms with Crippen molar-refractivity contribution in [3.63, 3.8) is 0 Å². The smallest absolute Gasteiger partial charge is 0.101 e. The third kappa shape index (κ3) is 28.8. The maximum Gasteiger partial charge on any atom is 0.101 e. The van der Waals surface area contributed by atoms with Crippen molar-refractivity contribution in [2.24, 2.45) is 0 Å². The summed E-state index contributed by atoms with van der Waals surface area (Å²) in [6, 6.07) is 0. The molecule has 0 fully saturated rings. The zero-order valence-corrected chi connectivity index (χ0v) is 33.2. The van der Waals surface area contributed by atoms with Crippen LogP contribution in [-0.4, -0.2) is 29.1 Å². The fourth-order valence-corrected chi connectivity index (χ4v) is 7.78. The molecule has 0 spiro atoms. The lowest BCUT2D eigenvalue weighted by Crippen LogP contribution is -2.39. The molecule has 2 nitrogen and oxygen atoms in total. The van der Waals surface area contributed by atoms with E-state index in [1.165, 1.54) is 251 Å². The second kappa shape index (κ2) is 36.6. The molecule has 1 atom stereocenters. The van der Waals surface area contributed by atoms with E-state index in [1.54, 1.807) is 0 Å². The minimum Gasteiger partial charge on any atom is -0.356 e. The first kappa shape index (κ1) is 44.4. The molecule has 2 heteroatoms. The summed E-state index contributed by atoms with van der Waals surface area (Å²) >= 11 is 0. The third-order valence-corrected chi connectivity index (χ3v) is 11.1. The van der Waals surface area contributed by atoms with Crippen molar-refractivity contribution < 1.29 is 0 Å².